The van der Waals surface area contributed by atoms with Gasteiger partial charge in [-0.05, 0) is 25.2 Å². The number of nitrogens with zero attached hydrogens (tertiary/aromatic N) is 2. The van der Waals surface area contributed by atoms with Gasteiger partial charge in [0, 0.05) is 37.7 Å². The number of ether oxygens (including phenoxy) is 1. The number of benzene rings is 1. The zero-order valence-electron chi connectivity index (χ0n) is 14.7. The maximum atomic E-state index is 5.64. The molecule has 2 N–H and O–H groups in total. The number of nitrogens with one attached hydrogen (secondary N) is 2. The summed E-state index contributed by atoms with van der Waals surface area (Å²) in [5.74, 6) is 1.64. The number of thiazole rings is 1. The molecule has 2 aromatic rings. The fourth-order valence-electron chi connectivity index (χ4n) is 2.41. The minimum atomic E-state index is 0.668. The smallest absolute Gasteiger partial charge is 0.191 e. The molecule has 0 amide bonds. The standard InChI is InChI=1S/C19H26N4OS/c1-20-19(21-10-5-11-24-13-15-8-9-15)22-12-17-14-25-18(23-17)16-6-3-2-4-7-16/h2-4,6-7,14-15H,5,8-13H2,1H3,(H2,20,21,22). The lowest BCUT2D eigenvalue weighted by molar-refractivity contribution is 0.123. The van der Waals surface area contributed by atoms with Crippen molar-refractivity contribution >= 4 is 17.3 Å². The van der Waals surface area contributed by atoms with E-state index >= 15 is 0 Å². The normalized spacial score (nSPS) is 14.5. The highest BCUT2D eigenvalue weighted by atomic mass is 32.1. The fourth-order valence-corrected chi connectivity index (χ4v) is 3.24. The molecule has 1 aliphatic rings. The summed E-state index contributed by atoms with van der Waals surface area (Å²) in [5, 5.41) is 9.77. The lowest BCUT2D eigenvalue weighted by Crippen LogP contribution is -2.37. The minimum Gasteiger partial charge on any atom is -0.381 e. The summed E-state index contributed by atoms with van der Waals surface area (Å²) in [6, 6.07) is 10.3. The molecule has 1 aromatic heterocycles. The Kier molecular flexibility index (Phi) is 6.82. The maximum Gasteiger partial charge on any atom is 0.191 e. The first-order valence-corrected chi connectivity index (χ1v) is 9.75. The average Bonchev–Trinajstić information content (AvgIpc) is 3.36. The summed E-state index contributed by atoms with van der Waals surface area (Å²) in [4.78, 5) is 8.94. The highest BCUT2D eigenvalue weighted by molar-refractivity contribution is 7.13. The van der Waals surface area contributed by atoms with Gasteiger partial charge < -0.3 is 15.4 Å². The van der Waals surface area contributed by atoms with E-state index in [9.17, 15) is 0 Å². The quantitative estimate of drug-likeness (QED) is 0.410. The van der Waals surface area contributed by atoms with Crippen molar-refractivity contribution in [3.8, 4) is 10.6 Å². The van der Waals surface area contributed by atoms with Crippen LogP contribution < -0.4 is 10.6 Å². The summed E-state index contributed by atoms with van der Waals surface area (Å²) in [6.45, 7) is 3.27. The van der Waals surface area contributed by atoms with Gasteiger partial charge in [0.05, 0.1) is 12.2 Å². The van der Waals surface area contributed by atoms with E-state index in [0.717, 1.165) is 54.3 Å². The van der Waals surface area contributed by atoms with Crippen molar-refractivity contribution in [2.24, 2.45) is 10.9 Å². The second kappa shape index (κ2) is 9.53. The monoisotopic (exact) mass is 358 g/mol. The molecule has 25 heavy (non-hydrogen) atoms. The molecule has 0 unspecified atom stereocenters. The molecule has 1 heterocycles. The molecule has 1 aromatic carbocycles. The van der Waals surface area contributed by atoms with Gasteiger partial charge in [0.2, 0.25) is 0 Å². The summed E-state index contributed by atoms with van der Waals surface area (Å²) in [6.07, 6.45) is 3.68. The van der Waals surface area contributed by atoms with Crippen LogP contribution in [0.25, 0.3) is 10.6 Å². The first-order valence-electron chi connectivity index (χ1n) is 8.87. The van der Waals surface area contributed by atoms with Crippen molar-refractivity contribution in [1.29, 1.82) is 0 Å². The van der Waals surface area contributed by atoms with Gasteiger partial charge in [-0.2, -0.15) is 0 Å². The Morgan fingerprint density at radius 1 is 1.28 bits per heavy atom. The molecule has 134 valence electrons. The Balaban J connectivity index is 1.35. The van der Waals surface area contributed by atoms with Crippen LogP contribution in [0.15, 0.2) is 40.7 Å². The zero-order chi connectivity index (χ0) is 17.3. The molecule has 0 bridgehead atoms. The van der Waals surface area contributed by atoms with Crippen LogP contribution in [-0.2, 0) is 11.3 Å². The van der Waals surface area contributed by atoms with Gasteiger partial charge in [-0.15, -0.1) is 11.3 Å². The van der Waals surface area contributed by atoms with Crippen molar-refractivity contribution < 1.29 is 4.74 Å². The lowest BCUT2D eigenvalue weighted by Gasteiger charge is -2.11. The SMILES string of the molecule is CN=C(NCCCOCC1CC1)NCc1csc(-c2ccccc2)n1. The second-order valence-electron chi connectivity index (χ2n) is 6.23. The summed E-state index contributed by atoms with van der Waals surface area (Å²) in [5.41, 5.74) is 2.19. The second-order valence-corrected chi connectivity index (χ2v) is 7.09. The van der Waals surface area contributed by atoms with E-state index in [1.54, 1.807) is 18.4 Å². The Bertz CT molecular complexity index is 667. The van der Waals surface area contributed by atoms with Gasteiger partial charge in [0.15, 0.2) is 5.96 Å². The average molecular weight is 359 g/mol. The predicted octanol–water partition coefficient (Wildman–Crippen LogP) is 3.29. The minimum absolute atomic E-state index is 0.668. The molecule has 0 radical (unpaired) electrons. The van der Waals surface area contributed by atoms with Crippen molar-refractivity contribution in [2.45, 2.75) is 25.8 Å². The van der Waals surface area contributed by atoms with Crippen LogP contribution in [-0.4, -0.2) is 37.7 Å². The Morgan fingerprint density at radius 2 is 2.12 bits per heavy atom. The molecule has 0 aliphatic heterocycles. The van der Waals surface area contributed by atoms with E-state index in [1.165, 1.54) is 12.8 Å². The van der Waals surface area contributed by atoms with Crippen LogP contribution in [0.2, 0.25) is 0 Å². The van der Waals surface area contributed by atoms with E-state index in [1.807, 2.05) is 18.2 Å². The topological polar surface area (TPSA) is 58.5 Å². The largest absolute Gasteiger partial charge is 0.381 e. The van der Waals surface area contributed by atoms with Crippen LogP contribution in [0, 0.1) is 5.92 Å². The number of rotatable bonds is 9. The van der Waals surface area contributed by atoms with Crippen LogP contribution in [0.5, 0.6) is 0 Å². The summed E-state index contributed by atoms with van der Waals surface area (Å²) >= 11 is 1.67. The molecule has 0 saturated heterocycles. The molecular weight excluding hydrogens is 332 g/mol. The van der Waals surface area contributed by atoms with E-state index in [-0.39, 0.29) is 0 Å². The Hall–Kier alpha value is -1.92. The first-order chi connectivity index (χ1) is 12.3. The lowest BCUT2D eigenvalue weighted by atomic mass is 10.2. The summed E-state index contributed by atoms with van der Waals surface area (Å²) in [7, 11) is 1.79. The van der Waals surface area contributed by atoms with Gasteiger partial charge in [-0.1, -0.05) is 30.3 Å². The van der Waals surface area contributed by atoms with Crippen LogP contribution in [0.4, 0.5) is 0 Å². The molecule has 0 spiro atoms. The summed E-state index contributed by atoms with van der Waals surface area (Å²) < 4.78 is 5.64. The van der Waals surface area contributed by atoms with Crippen molar-refractivity contribution in [1.82, 2.24) is 15.6 Å². The number of guanidine groups is 1. The van der Waals surface area contributed by atoms with Gasteiger partial charge in [-0.25, -0.2) is 4.98 Å². The molecule has 5 nitrogen and oxygen atoms in total. The van der Waals surface area contributed by atoms with Gasteiger partial charge in [0.25, 0.3) is 0 Å². The molecular formula is C19H26N4OS. The number of hydrogen-bond acceptors (Lipinski definition) is 4. The van der Waals surface area contributed by atoms with Gasteiger partial charge in [0.1, 0.15) is 5.01 Å². The third-order valence-electron chi connectivity index (χ3n) is 4.04. The van der Waals surface area contributed by atoms with Gasteiger partial charge >= 0.3 is 0 Å². The predicted molar refractivity (Wildman–Crippen MR) is 104 cm³/mol. The van der Waals surface area contributed by atoms with Crippen molar-refractivity contribution in [3.63, 3.8) is 0 Å². The highest BCUT2D eigenvalue weighted by Crippen LogP contribution is 2.28. The molecule has 1 saturated carbocycles. The van der Waals surface area contributed by atoms with E-state index < -0.39 is 0 Å². The third-order valence-corrected chi connectivity index (χ3v) is 4.98. The highest BCUT2D eigenvalue weighted by Gasteiger charge is 2.20. The fraction of sp³-hybridized carbons (Fsp3) is 0.474. The molecule has 1 fully saturated rings. The molecule has 0 atom stereocenters. The third kappa shape index (κ3) is 6.14. The van der Waals surface area contributed by atoms with Crippen LogP contribution in [0.1, 0.15) is 25.0 Å². The van der Waals surface area contributed by atoms with Crippen LogP contribution >= 0.6 is 11.3 Å². The molecule has 3 rings (SSSR count). The van der Waals surface area contributed by atoms with E-state index in [0.29, 0.717) is 6.54 Å². The number of aliphatic imine (C=N–C) groups is 1. The van der Waals surface area contributed by atoms with E-state index in [2.05, 4.69) is 38.1 Å². The Labute approximate surface area is 153 Å². The molecule has 6 heteroatoms. The number of aromatic nitrogens is 1. The maximum absolute atomic E-state index is 5.64. The van der Waals surface area contributed by atoms with Crippen molar-refractivity contribution in [3.05, 3.63) is 41.4 Å². The zero-order valence-corrected chi connectivity index (χ0v) is 15.5. The van der Waals surface area contributed by atoms with Crippen molar-refractivity contribution in [2.75, 3.05) is 26.8 Å². The number of hydrogen-bond donors (Lipinski definition) is 2. The van der Waals surface area contributed by atoms with E-state index in [4.69, 9.17) is 4.74 Å². The first kappa shape index (κ1) is 17.9. The van der Waals surface area contributed by atoms with Gasteiger partial charge in [-0.3, -0.25) is 4.99 Å². The Morgan fingerprint density at radius 3 is 2.88 bits per heavy atom. The van der Waals surface area contributed by atoms with Crippen LogP contribution in [0.3, 0.4) is 0 Å². The molecule has 1 aliphatic carbocycles.